The van der Waals surface area contributed by atoms with E-state index in [2.05, 4.69) is 33.9 Å². The molecule has 1 aliphatic rings. The van der Waals surface area contributed by atoms with Crippen molar-refractivity contribution in [2.24, 2.45) is 0 Å². The van der Waals surface area contributed by atoms with Gasteiger partial charge in [-0.15, -0.1) is 0 Å². The van der Waals surface area contributed by atoms with Crippen LogP contribution in [0.25, 0.3) is 0 Å². The lowest BCUT2D eigenvalue weighted by molar-refractivity contribution is -0.183. The van der Waals surface area contributed by atoms with Crippen LogP contribution in [-0.4, -0.2) is 72.9 Å². The summed E-state index contributed by atoms with van der Waals surface area (Å²) < 4.78 is 47.9. The Hall–Kier alpha value is -3.06. The van der Waals surface area contributed by atoms with Gasteiger partial charge in [-0.1, -0.05) is 50.7 Å². The predicted molar refractivity (Wildman–Crippen MR) is 185 cm³/mol. The van der Waals surface area contributed by atoms with E-state index >= 15 is 0 Å². The highest BCUT2D eigenvalue weighted by atomic mass is 32.2. The lowest BCUT2D eigenvalue weighted by atomic mass is 10.0. The van der Waals surface area contributed by atoms with Crippen LogP contribution in [0.5, 0.6) is 23.0 Å². The van der Waals surface area contributed by atoms with E-state index in [0.29, 0.717) is 23.0 Å². The first kappa shape index (κ1) is 36.8. The smallest absolute Gasteiger partial charge is 0.194 e. The van der Waals surface area contributed by atoms with Crippen molar-refractivity contribution in [3.8, 4) is 23.0 Å². The molecule has 4 atom stereocenters. The molecule has 4 rings (SSSR count). The molecule has 0 unspecified atom stereocenters. The van der Waals surface area contributed by atoms with Gasteiger partial charge in [0, 0.05) is 17.0 Å². The third kappa shape index (κ3) is 9.74. The summed E-state index contributed by atoms with van der Waals surface area (Å²) in [4.78, 5) is 15.3. The molecule has 9 nitrogen and oxygen atoms in total. The summed E-state index contributed by atoms with van der Waals surface area (Å²) in [5.41, 5.74) is 1.12. The number of rotatable bonds is 15. The molecule has 1 heterocycles. The van der Waals surface area contributed by atoms with E-state index in [1.807, 2.05) is 54.6 Å². The lowest BCUT2D eigenvalue weighted by Crippen LogP contribution is -2.60. The monoisotopic (exact) mass is 684 g/mol. The minimum Gasteiger partial charge on any atom is -0.497 e. The van der Waals surface area contributed by atoms with Gasteiger partial charge in [-0.05, 0) is 65.7 Å². The third-order valence-corrected chi connectivity index (χ3v) is 14.1. The number of hydrogen-bond acceptors (Lipinski definition) is 10. The molecule has 1 aliphatic heterocycles. The first-order chi connectivity index (χ1) is 22.4. The quantitative estimate of drug-likeness (QED) is 0.152. The Labute approximate surface area is 284 Å². The number of thioether (sulfide) groups is 1. The van der Waals surface area contributed by atoms with Crippen LogP contribution < -0.4 is 18.9 Å². The van der Waals surface area contributed by atoms with E-state index in [4.69, 9.17) is 37.6 Å². The second-order valence-electron chi connectivity index (χ2n) is 12.9. The van der Waals surface area contributed by atoms with Gasteiger partial charge in [-0.2, -0.15) is 0 Å². The standard InChI is InChI=1S/C36H48O9SSi/c1-36(2,3)47(8,9)45-33-32(37)31(23-42-21-24-15-26(38-4)19-27(16-24)39-5)44-35(46-30-13-11-10-12-14-30)34(33)43-22-25-17-28(40-6)20-29(18-25)41-7/h10-20,31,33-35H,21-23H2,1-9H3/t31-,33+,34-,35+/m1/s1. The maximum absolute atomic E-state index is 14.3. The number of benzene rings is 3. The number of ether oxygens (including phenoxy) is 7. The normalized spacial score (nSPS) is 20.1. The molecule has 3 aromatic carbocycles. The van der Waals surface area contributed by atoms with Gasteiger partial charge in [0.15, 0.2) is 14.1 Å². The van der Waals surface area contributed by atoms with E-state index in [1.54, 1.807) is 40.6 Å². The first-order valence-corrected chi connectivity index (χ1v) is 19.4. The molecule has 0 saturated carbocycles. The maximum atomic E-state index is 14.3. The molecular weight excluding hydrogens is 637 g/mol. The average Bonchev–Trinajstić information content (AvgIpc) is 3.05. The van der Waals surface area contributed by atoms with Crippen molar-refractivity contribution in [2.45, 2.75) is 80.8 Å². The van der Waals surface area contributed by atoms with E-state index in [1.165, 1.54) is 11.8 Å². The topological polar surface area (TPSA) is 90.9 Å². The molecule has 11 heteroatoms. The Bertz CT molecular complexity index is 1420. The molecule has 0 N–H and O–H groups in total. The minimum absolute atomic E-state index is 0.0430. The number of carbonyl (C=O) groups excluding carboxylic acids is 1. The zero-order valence-electron chi connectivity index (χ0n) is 28.9. The van der Waals surface area contributed by atoms with Crippen LogP contribution in [0.4, 0.5) is 0 Å². The van der Waals surface area contributed by atoms with Crippen LogP contribution in [0.2, 0.25) is 18.1 Å². The molecule has 0 bridgehead atoms. The second-order valence-corrected chi connectivity index (χ2v) is 18.8. The van der Waals surface area contributed by atoms with Gasteiger partial charge < -0.3 is 37.6 Å². The summed E-state index contributed by atoms with van der Waals surface area (Å²) in [5, 5.41) is -0.143. The van der Waals surface area contributed by atoms with Gasteiger partial charge in [0.05, 0.1) is 48.3 Å². The van der Waals surface area contributed by atoms with Crippen LogP contribution >= 0.6 is 11.8 Å². The fourth-order valence-electron chi connectivity index (χ4n) is 4.80. The van der Waals surface area contributed by atoms with Gasteiger partial charge in [-0.25, -0.2) is 0 Å². The molecule has 0 amide bonds. The molecule has 0 aromatic heterocycles. The lowest BCUT2D eigenvalue weighted by Gasteiger charge is -2.45. The minimum atomic E-state index is -2.44. The van der Waals surface area contributed by atoms with E-state index in [0.717, 1.165) is 16.0 Å². The van der Waals surface area contributed by atoms with Gasteiger partial charge in [0.2, 0.25) is 0 Å². The SMILES string of the molecule is COc1cc(COC[C@H]2O[C@@H](Sc3ccccc3)[C@H](OCc3cc(OC)cc(OC)c3)[C@@H](O[Si](C)(C)C(C)(C)C)C2=O)cc(OC)c1. The van der Waals surface area contributed by atoms with Crippen molar-refractivity contribution >= 4 is 25.9 Å². The molecule has 3 aromatic rings. The second kappa shape index (κ2) is 16.4. The third-order valence-electron chi connectivity index (χ3n) is 8.49. The Balaban J connectivity index is 1.64. The summed E-state index contributed by atoms with van der Waals surface area (Å²) >= 11 is 1.50. The van der Waals surface area contributed by atoms with Crippen LogP contribution in [0.3, 0.4) is 0 Å². The number of methoxy groups -OCH3 is 4. The van der Waals surface area contributed by atoms with Crippen molar-refractivity contribution in [3.05, 3.63) is 77.9 Å². The molecule has 0 aliphatic carbocycles. The summed E-state index contributed by atoms with van der Waals surface area (Å²) in [6.07, 6.45) is -2.45. The molecule has 256 valence electrons. The number of carbonyl (C=O) groups is 1. The largest absolute Gasteiger partial charge is 0.497 e. The number of Topliss-reactive ketones (excluding diaryl/α,β-unsaturated/α-hetero) is 1. The van der Waals surface area contributed by atoms with Crippen molar-refractivity contribution in [1.29, 1.82) is 0 Å². The van der Waals surface area contributed by atoms with Crippen LogP contribution in [0.1, 0.15) is 31.9 Å². The molecule has 0 radical (unpaired) electrons. The Kier molecular flexibility index (Phi) is 12.8. The Morgan fingerprint density at radius 2 is 1.28 bits per heavy atom. The first-order valence-electron chi connectivity index (χ1n) is 15.6. The zero-order chi connectivity index (χ0) is 34.2. The van der Waals surface area contributed by atoms with Crippen molar-refractivity contribution < 1.29 is 42.4 Å². The molecule has 1 fully saturated rings. The Morgan fingerprint density at radius 1 is 0.766 bits per heavy atom. The molecular formula is C36H48O9SSi. The van der Waals surface area contributed by atoms with Gasteiger partial charge >= 0.3 is 0 Å². The van der Waals surface area contributed by atoms with Crippen molar-refractivity contribution in [1.82, 2.24) is 0 Å². The maximum Gasteiger partial charge on any atom is 0.194 e. The molecule has 1 saturated heterocycles. The summed E-state index contributed by atoms with van der Waals surface area (Å²) in [7, 11) is 3.97. The van der Waals surface area contributed by atoms with Gasteiger partial charge in [0.1, 0.15) is 46.7 Å². The van der Waals surface area contributed by atoms with Crippen LogP contribution in [0.15, 0.2) is 71.6 Å². The fraction of sp³-hybridized carbons (Fsp3) is 0.472. The molecule has 0 spiro atoms. The van der Waals surface area contributed by atoms with Gasteiger partial charge in [-0.3, -0.25) is 4.79 Å². The summed E-state index contributed by atoms with van der Waals surface area (Å²) in [5.74, 6) is 2.41. The highest BCUT2D eigenvalue weighted by Crippen LogP contribution is 2.41. The fourth-order valence-corrected chi connectivity index (χ4v) is 7.17. The van der Waals surface area contributed by atoms with E-state index < -0.39 is 32.1 Å². The highest BCUT2D eigenvalue weighted by molar-refractivity contribution is 7.99. The summed E-state index contributed by atoms with van der Waals surface area (Å²) in [6.45, 7) is 11.2. The van der Waals surface area contributed by atoms with Crippen molar-refractivity contribution in [2.75, 3.05) is 35.0 Å². The predicted octanol–water partition coefficient (Wildman–Crippen LogP) is 7.30. The number of hydrogen-bond donors (Lipinski definition) is 0. The number of ketones is 1. The van der Waals surface area contributed by atoms with Gasteiger partial charge in [0.25, 0.3) is 0 Å². The van der Waals surface area contributed by atoms with Crippen LogP contribution in [-0.2, 0) is 36.6 Å². The summed E-state index contributed by atoms with van der Waals surface area (Å²) in [6, 6.07) is 21.1. The highest BCUT2D eigenvalue weighted by Gasteiger charge is 2.51. The Morgan fingerprint density at radius 3 is 1.77 bits per heavy atom. The average molecular weight is 685 g/mol. The van der Waals surface area contributed by atoms with E-state index in [-0.39, 0.29) is 30.6 Å². The zero-order valence-corrected chi connectivity index (χ0v) is 30.7. The molecule has 47 heavy (non-hydrogen) atoms. The van der Waals surface area contributed by atoms with Crippen LogP contribution in [0, 0.1) is 0 Å². The van der Waals surface area contributed by atoms with Crippen molar-refractivity contribution in [3.63, 3.8) is 0 Å². The van der Waals surface area contributed by atoms with E-state index in [9.17, 15) is 4.79 Å².